The Morgan fingerprint density at radius 2 is 1.88 bits per heavy atom. The standard InChI is InChI=1S/C8H15ClNO5P/c1-5-10-8(11)7(9)6(2)15-16(12,13-3)14-4/h5H2,1-4H3,(H,10,11). The van der Waals surface area contributed by atoms with Crippen molar-refractivity contribution in [3.05, 3.63) is 10.8 Å². The van der Waals surface area contributed by atoms with Crippen LogP contribution >= 0.6 is 19.4 Å². The molecule has 0 aliphatic rings. The fourth-order valence-electron chi connectivity index (χ4n) is 0.755. The molecule has 0 spiro atoms. The maximum atomic E-state index is 11.6. The number of phosphoric ester groups is 1. The normalized spacial score (nSPS) is 13.1. The molecule has 0 aliphatic heterocycles. The van der Waals surface area contributed by atoms with E-state index in [1.807, 2.05) is 0 Å². The smallest absolute Gasteiger partial charge is 0.407 e. The van der Waals surface area contributed by atoms with Gasteiger partial charge in [0.1, 0.15) is 10.8 Å². The van der Waals surface area contributed by atoms with Crippen LogP contribution in [0.4, 0.5) is 0 Å². The van der Waals surface area contributed by atoms with Gasteiger partial charge in [0.2, 0.25) is 0 Å². The number of carbonyl (C=O) groups excluding carboxylic acids is 1. The van der Waals surface area contributed by atoms with Gasteiger partial charge in [-0.05, 0) is 13.8 Å². The number of halogens is 1. The van der Waals surface area contributed by atoms with E-state index in [0.29, 0.717) is 6.54 Å². The Bertz CT molecular complexity index is 322. The Balaban J connectivity index is 4.77. The summed E-state index contributed by atoms with van der Waals surface area (Å²) in [6, 6.07) is 0. The number of likely N-dealkylation sites (N-methyl/N-ethyl adjacent to an activating group) is 1. The summed E-state index contributed by atoms with van der Waals surface area (Å²) >= 11 is 5.69. The molecular formula is C8H15ClNO5P. The number of hydrogen-bond donors (Lipinski definition) is 1. The van der Waals surface area contributed by atoms with Gasteiger partial charge >= 0.3 is 7.82 Å². The van der Waals surface area contributed by atoms with E-state index < -0.39 is 13.7 Å². The van der Waals surface area contributed by atoms with E-state index in [1.54, 1.807) is 6.92 Å². The Kier molecular flexibility index (Phi) is 6.67. The number of allylic oxidation sites excluding steroid dienone is 1. The summed E-state index contributed by atoms with van der Waals surface area (Å²) in [6.45, 7) is 3.56. The first-order valence-electron chi connectivity index (χ1n) is 4.45. The zero-order valence-electron chi connectivity index (χ0n) is 9.57. The van der Waals surface area contributed by atoms with Crippen molar-refractivity contribution in [2.45, 2.75) is 13.8 Å². The number of phosphoric acid groups is 1. The van der Waals surface area contributed by atoms with Gasteiger partial charge in [-0.3, -0.25) is 13.8 Å². The fourth-order valence-corrected chi connectivity index (χ4v) is 1.64. The highest BCUT2D eigenvalue weighted by Gasteiger charge is 2.26. The minimum Gasteiger partial charge on any atom is -0.407 e. The summed E-state index contributed by atoms with van der Waals surface area (Å²) in [5.41, 5.74) is 0. The summed E-state index contributed by atoms with van der Waals surface area (Å²) in [7, 11) is -1.34. The summed E-state index contributed by atoms with van der Waals surface area (Å²) in [6.07, 6.45) is 0. The van der Waals surface area contributed by atoms with E-state index in [2.05, 4.69) is 14.4 Å². The van der Waals surface area contributed by atoms with Crippen molar-refractivity contribution in [1.29, 1.82) is 0 Å². The molecule has 6 nitrogen and oxygen atoms in total. The van der Waals surface area contributed by atoms with E-state index in [1.165, 1.54) is 6.92 Å². The number of hydrogen-bond acceptors (Lipinski definition) is 5. The maximum absolute atomic E-state index is 11.6. The van der Waals surface area contributed by atoms with Crippen LogP contribution in [-0.4, -0.2) is 26.7 Å². The van der Waals surface area contributed by atoms with Gasteiger partial charge in [0, 0.05) is 20.8 Å². The van der Waals surface area contributed by atoms with Gasteiger partial charge < -0.3 is 9.84 Å². The van der Waals surface area contributed by atoms with Crippen molar-refractivity contribution in [3.63, 3.8) is 0 Å². The molecule has 94 valence electrons. The van der Waals surface area contributed by atoms with Gasteiger partial charge in [-0.2, -0.15) is 0 Å². The highest BCUT2D eigenvalue weighted by Crippen LogP contribution is 2.50. The fraction of sp³-hybridized carbons (Fsp3) is 0.625. The second-order valence-corrected chi connectivity index (χ2v) is 4.82. The van der Waals surface area contributed by atoms with Crippen molar-refractivity contribution >= 4 is 25.3 Å². The van der Waals surface area contributed by atoms with E-state index in [-0.39, 0.29) is 10.8 Å². The average molecular weight is 272 g/mol. The molecule has 0 atom stereocenters. The molecule has 8 heteroatoms. The topological polar surface area (TPSA) is 73.9 Å². The van der Waals surface area contributed by atoms with Crippen LogP contribution in [-0.2, 0) is 22.9 Å². The molecule has 0 aliphatic carbocycles. The van der Waals surface area contributed by atoms with Crippen molar-refractivity contribution in [2.75, 3.05) is 20.8 Å². The molecule has 0 fully saturated rings. The van der Waals surface area contributed by atoms with Gasteiger partial charge in [-0.1, -0.05) is 11.6 Å². The van der Waals surface area contributed by atoms with Crippen LogP contribution in [0.3, 0.4) is 0 Å². The Hall–Kier alpha value is -0.550. The summed E-state index contributed by atoms with van der Waals surface area (Å²) in [5.74, 6) is -0.542. The lowest BCUT2D eigenvalue weighted by molar-refractivity contribution is -0.116. The van der Waals surface area contributed by atoms with E-state index in [0.717, 1.165) is 14.2 Å². The molecule has 0 heterocycles. The summed E-state index contributed by atoms with van der Waals surface area (Å²) in [4.78, 5) is 11.3. The number of nitrogens with one attached hydrogen (secondary N) is 1. The molecule has 0 saturated carbocycles. The Morgan fingerprint density at radius 3 is 2.25 bits per heavy atom. The van der Waals surface area contributed by atoms with E-state index in [4.69, 9.17) is 16.1 Å². The number of amides is 1. The van der Waals surface area contributed by atoms with Gasteiger partial charge in [-0.15, -0.1) is 0 Å². The molecule has 0 aromatic heterocycles. The molecule has 0 bridgehead atoms. The minimum absolute atomic E-state index is 0.0281. The van der Waals surface area contributed by atoms with Gasteiger partial charge in [0.05, 0.1) is 0 Å². The zero-order valence-corrected chi connectivity index (χ0v) is 11.2. The van der Waals surface area contributed by atoms with E-state index >= 15 is 0 Å². The first kappa shape index (κ1) is 15.4. The van der Waals surface area contributed by atoms with Crippen LogP contribution in [0.1, 0.15) is 13.8 Å². The number of carbonyl (C=O) groups is 1. The van der Waals surface area contributed by atoms with Crippen LogP contribution in [0.5, 0.6) is 0 Å². The predicted octanol–water partition coefficient (Wildman–Crippen LogP) is 2.01. The molecule has 16 heavy (non-hydrogen) atoms. The van der Waals surface area contributed by atoms with E-state index in [9.17, 15) is 9.36 Å². The van der Waals surface area contributed by atoms with Crippen molar-refractivity contribution in [2.24, 2.45) is 0 Å². The van der Waals surface area contributed by atoms with Crippen molar-refractivity contribution in [1.82, 2.24) is 5.32 Å². The largest absolute Gasteiger partial charge is 0.529 e. The number of rotatable bonds is 6. The summed E-state index contributed by atoms with van der Waals surface area (Å²) < 4.78 is 25.5. The van der Waals surface area contributed by atoms with Gasteiger partial charge in [-0.25, -0.2) is 4.57 Å². The van der Waals surface area contributed by atoms with Crippen LogP contribution in [0.2, 0.25) is 0 Å². The van der Waals surface area contributed by atoms with Crippen LogP contribution in [0, 0.1) is 0 Å². The SMILES string of the molecule is CCNC(=O)C(Cl)=C(C)OP(=O)(OC)OC. The quantitative estimate of drug-likeness (QED) is 0.454. The lowest BCUT2D eigenvalue weighted by Gasteiger charge is -2.15. The minimum atomic E-state index is -3.67. The highest BCUT2D eigenvalue weighted by atomic mass is 35.5. The van der Waals surface area contributed by atoms with Gasteiger partial charge in [0.25, 0.3) is 5.91 Å². The third-order valence-corrected chi connectivity index (χ3v) is 3.37. The lowest BCUT2D eigenvalue weighted by Crippen LogP contribution is -2.23. The second-order valence-electron chi connectivity index (χ2n) is 2.63. The van der Waals surface area contributed by atoms with Crippen LogP contribution < -0.4 is 5.32 Å². The molecule has 0 saturated heterocycles. The van der Waals surface area contributed by atoms with Crippen molar-refractivity contribution in [3.8, 4) is 0 Å². The molecule has 0 radical (unpaired) electrons. The third kappa shape index (κ3) is 4.53. The Morgan fingerprint density at radius 1 is 1.38 bits per heavy atom. The highest BCUT2D eigenvalue weighted by molar-refractivity contribution is 7.48. The zero-order chi connectivity index (χ0) is 12.8. The maximum Gasteiger partial charge on any atom is 0.529 e. The van der Waals surface area contributed by atoms with Crippen LogP contribution in [0.25, 0.3) is 0 Å². The average Bonchev–Trinajstić information content (AvgIpc) is 2.28. The molecule has 1 amide bonds. The molecule has 0 rings (SSSR count). The first-order chi connectivity index (χ1) is 7.40. The predicted molar refractivity (Wildman–Crippen MR) is 59.9 cm³/mol. The first-order valence-corrected chi connectivity index (χ1v) is 6.29. The molecule has 0 aromatic carbocycles. The lowest BCUT2D eigenvalue weighted by atomic mass is 10.4. The summed E-state index contributed by atoms with van der Waals surface area (Å²) in [5, 5.41) is 2.27. The monoisotopic (exact) mass is 271 g/mol. The molecule has 1 N–H and O–H groups in total. The second kappa shape index (κ2) is 6.91. The van der Waals surface area contributed by atoms with Gasteiger partial charge in [0.15, 0.2) is 0 Å². The molecule has 0 aromatic rings. The molecule has 0 unspecified atom stereocenters. The van der Waals surface area contributed by atoms with Crippen LogP contribution in [0.15, 0.2) is 10.8 Å². The third-order valence-electron chi connectivity index (χ3n) is 1.54. The van der Waals surface area contributed by atoms with Crippen molar-refractivity contribution < 1.29 is 22.9 Å². The Labute approximate surface area is 99.5 Å². The molecular weight excluding hydrogens is 257 g/mol.